The first kappa shape index (κ1) is 13.8. The van der Waals surface area contributed by atoms with Gasteiger partial charge in [-0.25, -0.2) is 4.39 Å². The van der Waals surface area contributed by atoms with E-state index < -0.39 is 0 Å². The van der Waals surface area contributed by atoms with Gasteiger partial charge in [0.2, 0.25) is 0 Å². The number of hydrogen-bond acceptors (Lipinski definition) is 2. The van der Waals surface area contributed by atoms with Crippen molar-refractivity contribution < 1.29 is 9.13 Å². The van der Waals surface area contributed by atoms with Gasteiger partial charge in [-0.05, 0) is 49.9 Å². The van der Waals surface area contributed by atoms with Crippen LogP contribution in [0.25, 0.3) is 0 Å². The second-order valence-corrected chi connectivity index (χ2v) is 5.22. The molecule has 2 rings (SSSR count). The van der Waals surface area contributed by atoms with Gasteiger partial charge in [-0.15, -0.1) is 0 Å². The molecular weight excluding hydrogens is 253 g/mol. The summed E-state index contributed by atoms with van der Waals surface area (Å²) >= 11 is 5.76. The van der Waals surface area contributed by atoms with Crippen LogP contribution in [0.2, 0.25) is 5.02 Å². The lowest BCUT2D eigenvalue weighted by molar-refractivity contribution is 0.0547. The van der Waals surface area contributed by atoms with E-state index in [1.807, 2.05) is 7.05 Å². The number of ether oxygens (including phenoxy) is 1. The van der Waals surface area contributed by atoms with Gasteiger partial charge >= 0.3 is 0 Å². The Morgan fingerprint density at radius 1 is 1.44 bits per heavy atom. The summed E-state index contributed by atoms with van der Waals surface area (Å²) in [5, 5.41) is 3.75. The number of nitrogens with one attached hydrogen (secondary N) is 1. The van der Waals surface area contributed by atoms with Crippen LogP contribution in [0.3, 0.4) is 0 Å². The Balaban J connectivity index is 2.04. The molecule has 0 spiro atoms. The van der Waals surface area contributed by atoms with Crippen molar-refractivity contribution in [1.82, 2.24) is 5.32 Å². The van der Waals surface area contributed by atoms with E-state index in [1.165, 1.54) is 6.07 Å². The van der Waals surface area contributed by atoms with Crippen LogP contribution in [0.5, 0.6) is 0 Å². The largest absolute Gasteiger partial charge is 0.381 e. The molecule has 0 aromatic heterocycles. The average Bonchev–Trinajstić information content (AvgIpc) is 2.39. The second kappa shape index (κ2) is 6.50. The van der Waals surface area contributed by atoms with E-state index in [4.69, 9.17) is 16.3 Å². The molecule has 0 saturated carbocycles. The Morgan fingerprint density at radius 3 is 2.78 bits per heavy atom. The minimum atomic E-state index is -0.213. The topological polar surface area (TPSA) is 21.3 Å². The first-order chi connectivity index (χ1) is 8.70. The van der Waals surface area contributed by atoms with Crippen LogP contribution in [-0.4, -0.2) is 26.3 Å². The molecule has 1 aliphatic heterocycles. The molecule has 1 fully saturated rings. The van der Waals surface area contributed by atoms with Gasteiger partial charge in [0, 0.05) is 24.3 Å². The van der Waals surface area contributed by atoms with Gasteiger partial charge < -0.3 is 10.1 Å². The molecule has 2 nitrogen and oxygen atoms in total. The van der Waals surface area contributed by atoms with Gasteiger partial charge in [-0.3, -0.25) is 0 Å². The van der Waals surface area contributed by atoms with Crippen molar-refractivity contribution in [2.75, 3.05) is 20.3 Å². The summed E-state index contributed by atoms with van der Waals surface area (Å²) in [6.07, 6.45) is 2.78. The first-order valence-corrected chi connectivity index (χ1v) is 6.77. The number of benzene rings is 1. The second-order valence-electron chi connectivity index (χ2n) is 4.78. The summed E-state index contributed by atoms with van der Waals surface area (Å²) in [6, 6.07) is 5.20. The minimum absolute atomic E-state index is 0.213. The number of likely N-dealkylation sites (N-methyl/N-ethyl adjacent to an activating group) is 1. The summed E-state index contributed by atoms with van der Waals surface area (Å²) in [4.78, 5) is 0. The number of rotatable bonds is 4. The third-order valence-corrected chi connectivity index (χ3v) is 3.90. The number of hydrogen-bond donors (Lipinski definition) is 1. The van der Waals surface area contributed by atoms with Crippen LogP contribution in [0.1, 0.15) is 18.4 Å². The molecule has 1 saturated heterocycles. The van der Waals surface area contributed by atoms with Crippen molar-refractivity contribution in [2.24, 2.45) is 5.92 Å². The highest BCUT2D eigenvalue weighted by Crippen LogP contribution is 2.23. The Morgan fingerprint density at radius 2 is 2.17 bits per heavy atom. The van der Waals surface area contributed by atoms with Crippen LogP contribution in [0, 0.1) is 11.7 Å². The van der Waals surface area contributed by atoms with Crippen molar-refractivity contribution in [3.63, 3.8) is 0 Å². The maximum absolute atomic E-state index is 13.8. The maximum Gasteiger partial charge on any atom is 0.127 e. The molecule has 0 radical (unpaired) electrons. The standard InChI is InChI=1S/C14H19ClFNO/c1-17-14(10-4-6-18-7-5-10)8-11-2-3-12(15)9-13(11)16/h2-3,9-10,14,17H,4-8H2,1H3. The maximum atomic E-state index is 13.8. The molecule has 1 aliphatic rings. The monoisotopic (exact) mass is 271 g/mol. The van der Waals surface area contributed by atoms with Gasteiger partial charge in [-0.1, -0.05) is 17.7 Å². The van der Waals surface area contributed by atoms with E-state index >= 15 is 0 Å². The fraction of sp³-hybridized carbons (Fsp3) is 0.571. The van der Waals surface area contributed by atoms with Crippen molar-refractivity contribution >= 4 is 11.6 Å². The van der Waals surface area contributed by atoms with E-state index in [9.17, 15) is 4.39 Å². The first-order valence-electron chi connectivity index (χ1n) is 6.39. The molecule has 4 heteroatoms. The third-order valence-electron chi connectivity index (χ3n) is 3.66. The van der Waals surface area contributed by atoms with Crippen molar-refractivity contribution in [3.8, 4) is 0 Å². The molecule has 1 unspecified atom stereocenters. The van der Waals surface area contributed by atoms with E-state index in [2.05, 4.69) is 5.32 Å². The molecule has 1 atom stereocenters. The van der Waals surface area contributed by atoms with Gasteiger partial charge in [0.1, 0.15) is 5.82 Å². The van der Waals surface area contributed by atoms with Gasteiger partial charge in [0.05, 0.1) is 0 Å². The van der Waals surface area contributed by atoms with E-state index in [0.717, 1.165) is 31.6 Å². The molecule has 0 aliphatic carbocycles. The minimum Gasteiger partial charge on any atom is -0.381 e. The third kappa shape index (κ3) is 3.44. The molecule has 100 valence electrons. The molecule has 1 heterocycles. The summed E-state index contributed by atoms with van der Waals surface area (Å²) in [5.41, 5.74) is 0.727. The van der Waals surface area contributed by atoms with E-state index in [-0.39, 0.29) is 5.82 Å². The SMILES string of the molecule is CNC(Cc1ccc(Cl)cc1F)C1CCOCC1. The smallest absolute Gasteiger partial charge is 0.127 e. The zero-order valence-corrected chi connectivity index (χ0v) is 11.3. The molecular formula is C14H19ClFNO. The lowest BCUT2D eigenvalue weighted by Gasteiger charge is -2.30. The normalized spacial score (nSPS) is 18.8. The van der Waals surface area contributed by atoms with Crippen LogP contribution in [0.15, 0.2) is 18.2 Å². The fourth-order valence-corrected chi connectivity index (χ4v) is 2.71. The summed E-state index contributed by atoms with van der Waals surface area (Å²) in [6.45, 7) is 1.62. The Hall–Kier alpha value is -0.640. The summed E-state index contributed by atoms with van der Waals surface area (Å²) < 4.78 is 19.1. The molecule has 0 amide bonds. The molecule has 1 N–H and O–H groups in total. The lowest BCUT2D eigenvalue weighted by atomic mass is 9.87. The van der Waals surface area contributed by atoms with E-state index in [0.29, 0.717) is 23.4 Å². The van der Waals surface area contributed by atoms with Crippen molar-refractivity contribution in [3.05, 3.63) is 34.6 Å². The number of halogens is 2. The predicted octanol–water partition coefficient (Wildman–Crippen LogP) is 3.04. The highest BCUT2D eigenvalue weighted by atomic mass is 35.5. The van der Waals surface area contributed by atoms with Crippen LogP contribution < -0.4 is 5.32 Å². The van der Waals surface area contributed by atoms with Crippen LogP contribution >= 0.6 is 11.6 Å². The Kier molecular flexibility index (Phi) is 4.98. The average molecular weight is 272 g/mol. The lowest BCUT2D eigenvalue weighted by Crippen LogP contribution is -2.38. The molecule has 1 aromatic rings. The fourth-order valence-electron chi connectivity index (χ4n) is 2.55. The molecule has 18 heavy (non-hydrogen) atoms. The predicted molar refractivity (Wildman–Crippen MR) is 71.5 cm³/mol. The zero-order valence-electron chi connectivity index (χ0n) is 10.6. The molecule has 0 bridgehead atoms. The van der Waals surface area contributed by atoms with Gasteiger partial charge in [0.15, 0.2) is 0 Å². The van der Waals surface area contributed by atoms with Crippen molar-refractivity contribution in [2.45, 2.75) is 25.3 Å². The summed E-state index contributed by atoms with van der Waals surface area (Å²) in [7, 11) is 1.94. The van der Waals surface area contributed by atoms with Crippen LogP contribution in [-0.2, 0) is 11.2 Å². The van der Waals surface area contributed by atoms with Gasteiger partial charge in [0.25, 0.3) is 0 Å². The molecule has 1 aromatic carbocycles. The Bertz CT molecular complexity index is 393. The highest BCUT2D eigenvalue weighted by Gasteiger charge is 2.23. The van der Waals surface area contributed by atoms with Crippen molar-refractivity contribution in [1.29, 1.82) is 0 Å². The van der Waals surface area contributed by atoms with Crippen LogP contribution in [0.4, 0.5) is 4.39 Å². The quantitative estimate of drug-likeness (QED) is 0.909. The highest BCUT2D eigenvalue weighted by molar-refractivity contribution is 6.30. The van der Waals surface area contributed by atoms with Gasteiger partial charge in [-0.2, -0.15) is 0 Å². The van der Waals surface area contributed by atoms with E-state index in [1.54, 1.807) is 12.1 Å². The Labute approximate surface area is 112 Å². The zero-order chi connectivity index (χ0) is 13.0. The summed E-state index contributed by atoms with van der Waals surface area (Å²) in [5.74, 6) is 0.341.